The minimum atomic E-state index is -5.04. The molecule has 0 fully saturated rings. The Morgan fingerprint density at radius 2 is 1.82 bits per heavy atom. The van der Waals surface area contributed by atoms with Gasteiger partial charge in [0.05, 0.1) is 29.1 Å². The monoisotopic (exact) mass is 460 g/mol. The second-order valence-corrected chi connectivity index (χ2v) is 6.95. The zero-order valence-corrected chi connectivity index (χ0v) is 17.3. The van der Waals surface area contributed by atoms with E-state index >= 15 is 0 Å². The van der Waals surface area contributed by atoms with Crippen LogP contribution in [0.1, 0.15) is 23.7 Å². The van der Waals surface area contributed by atoms with Gasteiger partial charge in [0.25, 0.3) is 5.56 Å². The molecule has 172 valence electrons. The number of aromatic nitrogens is 2. The summed E-state index contributed by atoms with van der Waals surface area (Å²) in [6.07, 6.45) is -3.51. The number of hydrogen-bond donors (Lipinski definition) is 3. The van der Waals surface area contributed by atoms with Gasteiger partial charge in [-0.3, -0.25) is 24.5 Å². The fourth-order valence-corrected chi connectivity index (χ4v) is 3.06. The highest BCUT2D eigenvalue weighted by Gasteiger charge is 2.38. The molecule has 3 rings (SSSR count). The van der Waals surface area contributed by atoms with E-state index in [1.165, 1.54) is 30.5 Å². The molecule has 11 heteroatoms. The number of rotatable bonds is 7. The molecule has 0 bridgehead atoms. The summed E-state index contributed by atoms with van der Waals surface area (Å²) in [5, 5.41) is 13.6. The summed E-state index contributed by atoms with van der Waals surface area (Å²) in [6, 6.07) is 12.3. The van der Waals surface area contributed by atoms with Gasteiger partial charge < -0.3 is 10.4 Å². The number of carbonyl (C=O) groups is 2. The first-order valence-electron chi connectivity index (χ1n) is 9.76. The SMILES string of the molecule is CCc1ccccc1N=Cc1c(CC(=O)O)[nH]n(-c2ccc(NC(=O)C(F)(F)F)cc2)c1=O. The topological polar surface area (TPSA) is 117 Å². The Morgan fingerprint density at radius 1 is 1.15 bits per heavy atom. The second kappa shape index (κ2) is 9.55. The third-order valence-electron chi connectivity index (χ3n) is 4.68. The second-order valence-electron chi connectivity index (χ2n) is 6.95. The Hall–Kier alpha value is -4.15. The van der Waals surface area contributed by atoms with Gasteiger partial charge in [0, 0.05) is 11.9 Å². The van der Waals surface area contributed by atoms with Gasteiger partial charge in [0.15, 0.2) is 0 Å². The van der Waals surface area contributed by atoms with Crippen molar-refractivity contribution in [3.8, 4) is 5.69 Å². The van der Waals surface area contributed by atoms with Crippen molar-refractivity contribution >= 4 is 29.5 Å². The van der Waals surface area contributed by atoms with Crippen molar-refractivity contribution in [2.24, 2.45) is 4.99 Å². The van der Waals surface area contributed by atoms with Gasteiger partial charge in [-0.25, -0.2) is 4.68 Å². The van der Waals surface area contributed by atoms with E-state index in [1.807, 2.05) is 19.1 Å². The number of aliphatic imine (C=N–C) groups is 1. The lowest BCUT2D eigenvalue weighted by Gasteiger charge is -2.08. The number of carbonyl (C=O) groups excluding carboxylic acids is 1. The molecular weight excluding hydrogens is 441 g/mol. The first-order valence-corrected chi connectivity index (χ1v) is 9.76. The molecular formula is C22H19F3N4O4. The molecule has 1 amide bonds. The number of amides is 1. The molecule has 3 N–H and O–H groups in total. The minimum Gasteiger partial charge on any atom is -0.481 e. The number of carboxylic acid groups (broad SMARTS) is 1. The molecule has 0 aliphatic heterocycles. The molecule has 8 nitrogen and oxygen atoms in total. The number of aryl methyl sites for hydroxylation is 1. The predicted molar refractivity (Wildman–Crippen MR) is 115 cm³/mol. The lowest BCUT2D eigenvalue weighted by molar-refractivity contribution is -0.167. The number of nitrogens with zero attached hydrogens (tertiary/aromatic N) is 2. The predicted octanol–water partition coefficient (Wildman–Crippen LogP) is 3.61. The van der Waals surface area contributed by atoms with Crippen LogP contribution in [0.3, 0.4) is 0 Å². The maximum Gasteiger partial charge on any atom is 0.471 e. The molecule has 0 aliphatic carbocycles. The lowest BCUT2D eigenvalue weighted by Crippen LogP contribution is -2.29. The number of alkyl halides is 3. The number of benzene rings is 2. The van der Waals surface area contributed by atoms with E-state index < -0.39 is 30.0 Å². The number of H-pyrrole nitrogens is 1. The Bertz CT molecular complexity index is 1260. The van der Waals surface area contributed by atoms with Crippen molar-refractivity contribution in [2.75, 3.05) is 5.32 Å². The Balaban J connectivity index is 1.96. The van der Waals surface area contributed by atoms with Crippen molar-refractivity contribution in [1.29, 1.82) is 0 Å². The molecule has 3 aromatic rings. The van der Waals surface area contributed by atoms with Crippen LogP contribution in [0.2, 0.25) is 0 Å². The average molecular weight is 460 g/mol. The van der Waals surface area contributed by atoms with E-state index in [4.69, 9.17) is 0 Å². The zero-order valence-electron chi connectivity index (χ0n) is 17.3. The van der Waals surface area contributed by atoms with E-state index in [-0.39, 0.29) is 22.6 Å². The molecule has 0 unspecified atom stereocenters. The first-order chi connectivity index (χ1) is 15.6. The van der Waals surface area contributed by atoms with E-state index in [0.29, 0.717) is 12.1 Å². The molecule has 0 saturated heterocycles. The average Bonchev–Trinajstić information content (AvgIpc) is 3.06. The van der Waals surface area contributed by atoms with Crippen LogP contribution in [0.4, 0.5) is 24.5 Å². The summed E-state index contributed by atoms with van der Waals surface area (Å²) in [7, 11) is 0. The van der Waals surface area contributed by atoms with E-state index in [2.05, 4.69) is 10.1 Å². The normalized spacial score (nSPS) is 11.6. The Kier molecular flexibility index (Phi) is 6.80. The molecule has 2 aromatic carbocycles. The standard InChI is InChI=1S/C22H19F3N4O4/c1-2-13-5-3-4-6-17(13)26-12-16-18(11-19(30)31)28-29(20(16)32)15-9-7-14(8-10-15)27-21(33)22(23,24)25/h3-10,12,28H,2,11H2,1H3,(H,27,33)(H,30,31). The summed E-state index contributed by atoms with van der Waals surface area (Å²) in [4.78, 5) is 39.7. The number of hydrogen-bond acceptors (Lipinski definition) is 4. The first kappa shape index (κ1) is 23.5. The number of para-hydroxylation sites is 1. The lowest BCUT2D eigenvalue weighted by atomic mass is 10.1. The van der Waals surface area contributed by atoms with Gasteiger partial charge in [0.2, 0.25) is 0 Å². The van der Waals surface area contributed by atoms with Gasteiger partial charge in [-0.2, -0.15) is 13.2 Å². The van der Waals surface area contributed by atoms with E-state index in [1.54, 1.807) is 17.4 Å². The highest BCUT2D eigenvalue weighted by Crippen LogP contribution is 2.21. The molecule has 0 atom stereocenters. The molecule has 0 spiro atoms. The van der Waals surface area contributed by atoms with Crippen LogP contribution in [-0.2, 0) is 22.4 Å². The Morgan fingerprint density at radius 3 is 2.42 bits per heavy atom. The summed E-state index contributed by atoms with van der Waals surface area (Å²) in [5.74, 6) is -3.29. The van der Waals surface area contributed by atoms with Crippen molar-refractivity contribution in [2.45, 2.75) is 25.9 Å². The third kappa shape index (κ3) is 5.56. The van der Waals surface area contributed by atoms with Crippen LogP contribution >= 0.6 is 0 Å². The molecule has 1 heterocycles. The number of halogens is 3. The third-order valence-corrected chi connectivity index (χ3v) is 4.68. The maximum absolute atomic E-state index is 13.0. The zero-order chi connectivity index (χ0) is 24.2. The van der Waals surface area contributed by atoms with Gasteiger partial charge in [0.1, 0.15) is 0 Å². The quantitative estimate of drug-likeness (QED) is 0.467. The van der Waals surface area contributed by atoms with Crippen LogP contribution in [-0.4, -0.2) is 39.2 Å². The van der Waals surface area contributed by atoms with Crippen molar-refractivity contribution in [3.63, 3.8) is 0 Å². The van der Waals surface area contributed by atoms with Crippen LogP contribution in [0.15, 0.2) is 58.3 Å². The molecule has 33 heavy (non-hydrogen) atoms. The van der Waals surface area contributed by atoms with Crippen LogP contribution < -0.4 is 10.9 Å². The van der Waals surface area contributed by atoms with Crippen molar-refractivity contribution in [1.82, 2.24) is 9.78 Å². The maximum atomic E-state index is 13.0. The largest absolute Gasteiger partial charge is 0.481 e. The van der Waals surface area contributed by atoms with Crippen LogP contribution in [0, 0.1) is 0 Å². The number of aromatic amines is 1. The van der Waals surface area contributed by atoms with Gasteiger partial charge >= 0.3 is 18.1 Å². The number of carboxylic acids is 1. The summed E-state index contributed by atoms with van der Waals surface area (Å²) < 4.78 is 38.3. The van der Waals surface area contributed by atoms with E-state index in [9.17, 15) is 32.7 Å². The smallest absolute Gasteiger partial charge is 0.471 e. The number of aliphatic carboxylic acids is 1. The van der Waals surface area contributed by atoms with Gasteiger partial charge in [-0.1, -0.05) is 25.1 Å². The summed E-state index contributed by atoms with van der Waals surface area (Å²) >= 11 is 0. The molecule has 1 aromatic heterocycles. The fraction of sp³-hybridized carbons (Fsp3) is 0.182. The van der Waals surface area contributed by atoms with Crippen molar-refractivity contribution in [3.05, 3.63) is 75.7 Å². The van der Waals surface area contributed by atoms with E-state index in [0.717, 1.165) is 10.2 Å². The molecule has 0 aliphatic rings. The van der Waals surface area contributed by atoms with Crippen LogP contribution in [0.5, 0.6) is 0 Å². The van der Waals surface area contributed by atoms with Gasteiger partial charge in [-0.05, 0) is 42.3 Å². The summed E-state index contributed by atoms with van der Waals surface area (Å²) in [6.45, 7) is 1.95. The Labute approximate surface area is 185 Å². The number of nitrogens with one attached hydrogen (secondary N) is 2. The van der Waals surface area contributed by atoms with Crippen molar-refractivity contribution < 1.29 is 27.9 Å². The minimum absolute atomic E-state index is 0.0396. The summed E-state index contributed by atoms with van der Waals surface area (Å²) in [5.41, 5.74) is 1.25. The van der Waals surface area contributed by atoms with Crippen LogP contribution in [0.25, 0.3) is 5.69 Å². The molecule has 0 radical (unpaired) electrons. The fourth-order valence-electron chi connectivity index (χ4n) is 3.06. The highest BCUT2D eigenvalue weighted by molar-refractivity contribution is 5.95. The van der Waals surface area contributed by atoms with Gasteiger partial charge in [-0.15, -0.1) is 0 Å². The molecule has 0 saturated carbocycles. The number of anilines is 1. The highest BCUT2D eigenvalue weighted by atomic mass is 19.4.